The molecule has 1 aromatic carbocycles. The average molecular weight is 226 g/mol. The number of hydrogen-bond donors (Lipinski definition) is 2. The van der Waals surface area contributed by atoms with Crippen LogP contribution in [0.3, 0.4) is 0 Å². The summed E-state index contributed by atoms with van der Waals surface area (Å²) in [6.07, 6.45) is 7.63. The summed E-state index contributed by atoms with van der Waals surface area (Å²) in [5.74, 6) is 0.755. The van der Waals surface area contributed by atoms with Gasteiger partial charge >= 0.3 is 0 Å². The third kappa shape index (κ3) is 1.51. The van der Waals surface area contributed by atoms with Gasteiger partial charge < -0.3 is 10.3 Å². The lowest BCUT2D eigenvalue weighted by atomic mass is 9.86. The second-order valence-corrected chi connectivity index (χ2v) is 5.60. The number of H-pyrrole nitrogens is 1. The van der Waals surface area contributed by atoms with Gasteiger partial charge in [0.2, 0.25) is 0 Å². The Morgan fingerprint density at radius 2 is 1.76 bits per heavy atom. The number of aromatic amines is 1. The summed E-state index contributed by atoms with van der Waals surface area (Å²) in [7, 11) is 0. The molecular weight excluding hydrogens is 208 g/mol. The molecule has 0 spiro atoms. The zero-order chi connectivity index (χ0) is 11.2. The fourth-order valence-corrected chi connectivity index (χ4v) is 3.74. The van der Waals surface area contributed by atoms with Crippen molar-refractivity contribution in [3.63, 3.8) is 0 Å². The van der Waals surface area contributed by atoms with E-state index in [4.69, 9.17) is 0 Å². The van der Waals surface area contributed by atoms with E-state index in [1.807, 2.05) is 0 Å². The van der Waals surface area contributed by atoms with E-state index in [0.29, 0.717) is 0 Å². The Labute approximate surface area is 101 Å². The predicted octanol–water partition coefficient (Wildman–Crippen LogP) is 3.17. The Hall–Kier alpha value is -1.28. The fourth-order valence-electron chi connectivity index (χ4n) is 3.74. The third-order valence-corrected chi connectivity index (χ3v) is 4.53. The van der Waals surface area contributed by atoms with Crippen molar-refractivity contribution < 1.29 is 0 Å². The van der Waals surface area contributed by atoms with Gasteiger partial charge in [-0.25, -0.2) is 0 Å². The van der Waals surface area contributed by atoms with Crippen molar-refractivity contribution >= 4 is 10.9 Å². The van der Waals surface area contributed by atoms with Gasteiger partial charge in [-0.1, -0.05) is 18.2 Å². The van der Waals surface area contributed by atoms with E-state index in [1.54, 1.807) is 5.56 Å². The molecule has 2 saturated heterocycles. The summed E-state index contributed by atoms with van der Waals surface area (Å²) in [5, 5.41) is 5.15. The lowest BCUT2D eigenvalue weighted by Crippen LogP contribution is -2.37. The first-order valence-electron chi connectivity index (χ1n) is 6.72. The predicted molar refractivity (Wildman–Crippen MR) is 70.2 cm³/mol. The quantitative estimate of drug-likeness (QED) is 0.768. The molecule has 2 aromatic rings. The number of hydrogen-bond acceptors (Lipinski definition) is 1. The summed E-state index contributed by atoms with van der Waals surface area (Å²) in [4.78, 5) is 3.42. The molecule has 2 fully saturated rings. The van der Waals surface area contributed by atoms with Gasteiger partial charge in [0.05, 0.1) is 0 Å². The van der Waals surface area contributed by atoms with Crippen LogP contribution in [0.15, 0.2) is 30.5 Å². The molecule has 0 radical (unpaired) electrons. The Balaban J connectivity index is 1.74. The molecule has 2 aliphatic heterocycles. The highest BCUT2D eigenvalue weighted by Crippen LogP contribution is 2.39. The molecule has 88 valence electrons. The topological polar surface area (TPSA) is 27.8 Å². The SMILES string of the molecule is c1ccc2c(C3CC4CCC(C3)N4)c[nH]c2c1. The average Bonchev–Trinajstić information content (AvgIpc) is 2.93. The lowest BCUT2D eigenvalue weighted by molar-refractivity contribution is 0.364. The van der Waals surface area contributed by atoms with Crippen molar-refractivity contribution in [1.82, 2.24) is 10.3 Å². The van der Waals surface area contributed by atoms with Gasteiger partial charge in [-0.2, -0.15) is 0 Å². The normalized spacial score (nSPS) is 32.1. The number of benzene rings is 1. The van der Waals surface area contributed by atoms with Gasteiger partial charge in [0.15, 0.2) is 0 Å². The Bertz CT molecular complexity index is 531. The number of nitrogens with one attached hydrogen (secondary N) is 2. The van der Waals surface area contributed by atoms with E-state index in [9.17, 15) is 0 Å². The van der Waals surface area contributed by atoms with Crippen LogP contribution in [0.1, 0.15) is 37.2 Å². The van der Waals surface area contributed by atoms with Crippen molar-refractivity contribution in [3.8, 4) is 0 Å². The molecule has 2 unspecified atom stereocenters. The molecular formula is C15H18N2. The Morgan fingerprint density at radius 1 is 1.00 bits per heavy atom. The molecule has 2 N–H and O–H groups in total. The second kappa shape index (κ2) is 3.61. The molecule has 0 amide bonds. The summed E-state index contributed by atoms with van der Waals surface area (Å²) in [5.41, 5.74) is 2.83. The Kier molecular flexibility index (Phi) is 2.06. The maximum Gasteiger partial charge on any atom is 0.0456 e. The monoisotopic (exact) mass is 226 g/mol. The van der Waals surface area contributed by atoms with Crippen LogP contribution < -0.4 is 5.32 Å². The van der Waals surface area contributed by atoms with Gasteiger partial charge in [-0.3, -0.25) is 0 Å². The Morgan fingerprint density at radius 3 is 2.59 bits per heavy atom. The van der Waals surface area contributed by atoms with Crippen LogP contribution in [0, 0.1) is 0 Å². The molecule has 2 aliphatic rings. The number of para-hydroxylation sites is 1. The standard InChI is InChI=1S/C15H18N2/c1-2-4-15-13(3-1)14(9-16-15)10-7-11-5-6-12(8-10)17-11/h1-4,9-12,16-17H,5-8H2. The van der Waals surface area contributed by atoms with E-state index in [1.165, 1.54) is 36.6 Å². The molecule has 3 heterocycles. The number of aromatic nitrogens is 1. The van der Waals surface area contributed by atoms with Crippen molar-refractivity contribution in [1.29, 1.82) is 0 Å². The molecule has 0 aliphatic carbocycles. The van der Waals surface area contributed by atoms with E-state index >= 15 is 0 Å². The van der Waals surface area contributed by atoms with Crippen molar-refractivity contribution in [2.45, 2.75) is 43.7 Å². The summed E-state index contributed by atoms with van der Waals surface area (Å²) < 4.78 is 0. The van der Waals surface area contributed by atoms with Crippen molar-refractivity contribution in [2.24, 2.45) is 0 Å². The molecule has 0 saturated carbocycles. The van der Waals surface area contributed by atoms with Crippen LogP contribution >= 0.6 is 0 Å². The molecule has 1 aromatic heterocycles. The zero-order valence-corrected chi connectivity index (χ0v) is 9.95. The highest BCUT2D eigenvalue weighted by atomic mass is 15.0. The van der Waals surface area contributed by atoms with Crippen LogP contribution in [0.2, 0.25) is 0 Å². The van der Waals surface area contributed by atoms with E-state index in [-0.39, 0.29) is 0 Å². The lowest BCUT2D eigenvalue weighted by Gasteiger charge is -2.29. The molecule has 2 nitrogen and oxygen atoms in total. The minimum absolute atomic E-state index is 0.755. The molecule has 2 bridgehead atoms. The van der Waals surface area contributed by atoms with Crippen LogP contribution in [-0.4, -0.2) is 17.1 Å². The first-order valence-corrected chi connectivity index (χ1v) is 6.72. The van der Waals surface area contributed by atoms with Crippen LogP contribution in [0.25, 0.3) is 10.9 Å². The van der Waals surface area contributed by atoms with Crippen LogP contribution in [-0.2, 0) is 0 Å². The summed E-state index contributed by atoms with van der Waals surface area (Å²) in [6.45, 7) is 0. The van der Waals surface area contributed by atoms with E-state index in [2.05, 4.69) is 40.8 Å². The smallest absolute Gasteiger partial charge is 0.0456 e. The van der Waals surface area contributed by atoms with Gasteiger partial charge in [-0.05, 0) is 43.2 Å². The van der Waals surface area contributed by atoms with Crippen LogP contribution in [0.5, 0.6) is 0 Å². The number of piperidine rings is 1. The minimum atomic E-state index is 0.755. The van der Waals surface area contributed by atoms with E-state index < -0.39 is 0 Å². The van der Waals surface area contributed by atoms with Gasteiger partial charge in [-0.15, -0.1) is 0 Å². The van der Waals surface area contributed by atoms with Gasteiger partial charge in [0.1, 0.15) is 0 Å². The first-order chi connectivity index (χ1) is 8.40. The van der Waals surface area contributed by atoms with E-state index in [0.717, 1.165) is 18.0 Å². The minimum Gasteiger partial charge on any atom is -0.361 e. The number of fused-ring (bicyclic) bond motifs is 3. The molecule has 17 heavy (non-hydrogen) atoms. The maximum atomic E-state index is 3.72. The first kappa shape index (κ1) is 9.72. The van der Waals surface area contributed by atoms with Crippen molar-refractivity contribution in [2.75, 3.05) is 0 Å². The highest BCUT2D eigenvalue weighted by Gasteiger charge is 2.34. The summed E-state index contributed by atoms with van der Waals surface area (Å²) >= 11 is 0. The molecule has 2 heteroatoms. The van der Waals surface area contributed by atoms with Crippen LogP contribution in [0.4, 0.5) is 0 Å². The highest BCUT2D eigenvalue weighted by molar-refractivity contribution is 5.83. The zero-order valence-electron chi connectivity index (χ0n) is 9.95. The molecule has 4 rings (SSSR count). The van der Waals surface area contributed by atoms with Gasteiger partial charge in [0, 0.05) is 29.2 Å². The second-order valence-electron chi connectivity index (χ2n) is 5.60. The third-order valence-electron chi connectivity index (χ3n) is 4.53. The fraction of sp³-hybridized carbons (Fsp3) is 0.467. The van der Waals surface area contributed by atoms with Crippen molar-refractivity contribution in [3.05, 3.63) is 36.0 Å². The number of rotatable bonds is 1. The summed E-state index contributed by atoms with van der Waals surface area (Å²) in [6, 6.07) is 10.2. The molecule has 2 atom stereocenters. The maximum absolute atomic E-state index is 3.72. The van der Waals surface area contributed by atoms with Gasteiger partial charge in [0.25, 0.3) is 0 Å². The largest absolute Gasteiger partial charge is 0.361 e.